The van der Waals surface area contributed by atoms with Gasteiger partial charge in [0.15, 0.2) is 0 Å². The second-order valence-corrected chi connectivity index (χ2v) is 3.18. The lowest BCUT2D eigenvalue weighted by Gasteiger charge is -2.35. The summed E-state index contributed by atoms with van der Waals surface area (Å²) in [6.07, 6.45) is 7.66. The van der Waals surface area contributed by atoms with Gasteiger partial charge < -0.3 is 0 Å². The molecule has 1 fully saturated rings. The average Bonchev–Trinajstić information content (AvgIpc) is 1.84. The summed E-state index contributed by atoms with van der Waals surface area (Å²) >= 11 is 11.0. The smallest absolute Gasteiger partial charge is 0.00843 e. The first-order valence-electron chi connectivity index (χ1n) is 3.39. The third-order valence-electron chi connectivity index (χ3n) is 2.07. The van der Waals surface area contributed by atoms with Crippen molar-refractivity contribution in [3.63, 3.8) is 0 Å². The van der Waals surface area contributed by atoms with Crippen molar-refractivity contribution in [1.82, 2.24) is 0 Å². The molecule has 0 amide bonds. The maximum Gasteiger partial charge on any atom is 0.00843 e. The molecule has 0 bridgehead atoms. The van der Waals surface area contributed by atoms with E-state index in [0.717, 1.165) is 0 Å². The van der Waals surface area contributed by atoms with Gasteiger partial charge in [0.25, 0.3) is 0 Å². The highest BCUT2D eigenvalue weighted by Gasteiger charge is 2.31. The maximum atomic E-state index is 5.48. The van der Waals surface area contributed by atoms with Gasteiger partial charge in [-0.15, -0.1) is 0 Å². The minimum absolute atomic E-state index is 0.198. The largest absolute Gasteiger partial charge is 0.0933 e. The Hall–Kier alpha value is 0.0600. The van der Waals surface area contributed by atoms with Crippen molar-refractivity contribution in [2.75, 3.05) is 0 Å². The molecule has 0 spiro atoms. The molecule has 2 heteroatoms. The van der Waals surface area contributed by atoms with E-state index in [1.807, 2.05) is 12.2 Å². The molecule has 0 aliphatic heterocycles. The fourth-order valence-electron chi connectivity index (χ4n) is 1.22. The minimum Gasteiger partial charge on any atom is -0.0933 e. The summed E-state index contributed by atoms with van der Waals surface area (Å²) in [7, 11) is 0. The number of rotatable bonds is 2. The van der Waals surface area contributed by atoms with Crippen LogP contribution in [0.4, 0.5) is 0 Å². The van der Waals surface area contributed by atoms with Gasteiger partial charge in [0.05, 0.1) is 0 Å². The Balaban J connectivity index is 2.59. The Morgan fingerprint density at radius 1 is 1.00 bits per heavy atom. The lowest BCUT2D eigenvalue weighted by atomic mass is 9.69. The minimum atomic E-state index is 0.198. The van der Waals surface area contributed by atoms with E-state index in [4.69, 9.17) is 23.2 Å². The van der Waals surface area contributed by atoms with Gasteiger partial charge in [-0.3, -0.25) is 0 Å². The molecule has 0 aromatic heterocycles. The van der Waals surface area contributed by atoms with Crippen molar-refractivity contribution in [3.8, 4) is 0 Å². The third-order valence-corrected chi connectivity index (χ3v) is 2.33. The maximum absolute atomic E-state index is 5.48. The average molecular weight is 177 g/mol. The summed E-state index contributed by atoms with van der Waals surface area (Å²) in [6.45, 7) is 0. The Morgan fingerprint density at radius 2 is 1.50 bits per heavy atom. The van der Waals surface area contributed by atoms with Crippen LogP contribution in [0.2, 0.25) is 0 Å². The van der Waals surface area contributed by atoms with Gasteiger partial charge in [-0.05, 0) is 12.8 Å². The van der Waals surface area contributed by atoms with Crippen LogP contribution in [0.15, 0.2) is 23.2 Å². The van der Waals surface area contributed by atoms with Crippen LogP contribution in [0.5, 0.6) is 0 Å². The Morgan fingerprint density at radius 3 is 1.70 bits per heavy atom. The summed E-state index contributed by atoms with van der Waals surface area (Å²) < 4.78 is 0. The van der Waals surface area contributed by atoms with Crippen molar-refractivity contribution >= 4 is 23.2 Å². The normalized spacial score (nSPS) is 23.8. The highest BCUT2D eigenvalue weighted by molar-refractivity contribution is 6.26. The van der Waals surface area contributed by atoms with Crippen molar-refractivity contribution in [3.05, 3.63) is 23.2 Å². The highest BCUT2D eigenvalue weighted by atomic mass is 35.5. The Kier molecular flexibility index (Phi) is 2.82. The van der Waals surface area contributed by atoms with Crippen molar-refractivity contribution in [1.29, 1.82) is 0 Å². The lowest BCUT2D eigenvalue weighted by Crippen LogP contribution is -2.23. The van der Waals surface area contributed by atoms with Crippen LogP contribution in [0.25, 0.3) is 0 Å². The summed E-state index contributed by atoms with van der Waals surface area (Å²) in [5, 5.41) is 0. The van der Waals surface area contributed by atoms with Gasteiger partial charge in [-0.25, -0.2) is 0 Å². The molecule has 10 heavy (non-hydrogen) atoms. The fraction of sp³-hybridized carbons (Fsp3) is 0.500. The van der Waals surface area contributed by atoms with Gasteiger partial charge in [-0.2, -0.15) is 0 Å². The second kappa shape index (κ2) is 3.45. The van der Waals surface area contributed by atoms with Crippen LogP contribution in [-0.4, -0.2) is 0 Å². The molecular weight excluding hydrogens is 167 g/mol. The molecule has 0 nitrogen and oxygen atoms in total. The monoisotopic (exact) mass is 176 g/mol. The summed E-state index contributed by atoms with van der Waals surface area (Å²) in [5.74, 6) is 0. The number of allylic oxidation sites excluding steroid dienone is 2. The summed E-state index contributed by atoms with van der Waals surface area (Å²) in [6, 6.07) is 0. The van der Waals surface area contributed by atoms with Crippen LogP contribution in [0, 0.1) is 5.41 Å². The van der Waals surface area contributed by atoms with E-state index in [1.165, 1.54) is 19.3 Å². The highest BCUT2D eigenvalue weighted by Crippen LogP contribution is 2.43. The molecule has 0 atom stereocenters. The summed E-state index contributed by atoms with van der Waals surface area (Å²) in [4.78, 5) is 0. The van der Waals surface area contributed by atoms with E-state index >= 15 is 0 Å². The predicted molar refractivity (Wildman–Crippen MR) is 46.3 cm³/mol. The fourth-order valence-corrected chi connectivity index (χ4v) is 1.73. The molecule has 0 radical (unpaired) electrons. The molecule has 0 N–H and O–H groups in total. The van der Waals surface area contributed by atoms with Crippen LogP contribution in [0.3, 0.4) is 0 Å². The van der Waals surface area contributed by atoms with E-state index in [1.54, 1.807) is 11.1 Å². The molecule has 0 heterocycles. The van der Waals surface area contributed by atoms with E-state index in [9.17, 15) is 0 Å². The molecule has 1 aliphatic rings. The molecule has 1 aliphatic carbocycles. The van der Waals surface area contributed by atoms with Crippen molar-refractivity contribution < 1.29 is 0 Å². The number of halogens is 2. The zero-order valence-corrected chi connectivity index (χ0v) is 7.20. The predicted octanol–water partition coefficient (Wildman–Crippen LogP) is 3.66. The van der Waals surface area contributed by atoms with E-state index < -0.39 is 0 Å². The van der Waals surface area contributed by atoms with Crippen LogP contribution >= 0.6 is 23.2 Å². The van der Waals surface area contributed by atoms with Gasteiger partial charge in [0.2, 0.25) is 0 Å². The topological polar surface area (TPSA) is 0 Å². The molecular formula is C8H10Cl2. The van der Waals surface area contributed by atoms with Crippen LogP contribution in [-0.2, 0) is 0 Å². The molecule has 1 rings (SSSR count). The molecule has 0 unspecified atom stereocenters. The first-order chi connectivity index (χ1) is 4.83. The summed E-state index contributed by atoms with van der Waals surface area (Å²) in [5.41, 5.74) is 3.36. The zero-order chi connectivity index (χ0) is 7.45. The third kappa shape index (κ3) is 1.56. The second-order valence-electron chi connectivity index (χ2n) is 2.67. The molecule has 1 saturated carbocycles. The molecule has 0 aromatic rings. The molecule has 56 valence electrons. The zero-order valence-electron chi connectivity index (χ0n) is 5.69. The Bertz CT molecular complexity index is 141. The standard InChI is InChI=1S/C8H10Cl2/c9-6-4-8(5-7-10)2-1-3-8/h4-7H,1-3H2. The van der Waals surface area contributed by atoms with Crippen molar-refractivity contribution in [2.24, 2.45) is 5.41 Å². The van der Waals surface area contributed by atoms with E-state index in [2.05, 4.69) is 0 Å². The lowest BCUT2D eigenvalue weighted by molar-refractivity contribution is 0.278. The van der Waals surface area contributed by atoms with Crippen LogP contribution < -0.4 is 0 Å². The van der Waals surface area contributed by atoms with Crippen molar-refractivity contribution in [2.45, 2.75) is 19.3 Å². The van der Waals surface area contributed by atoms with E-state index in [-0.39, 0.29) is 5.41 Å². The van der Waals surface area contributed by atoms with Gasteiger partial charge in [0, 0.05) is 16.5 Å². The van der Waals surface area contributed by atoms with Gasteiger partial charge in [0.1, 0.15) is 0 Å². The Labute approximate surface area is 71.5 Å². The van der Waals surface area contributed by atoms with Gasteiger partial charge >= 0.3 is 0 Å². The molecule has 0 saturated heterocycles. The SMILES string of the molecule is ClC=CC1(C=CCl)CCC1. The van der Waals surface area contributed by atoms with E-state index in [0.29, 0.717) is 0 Å². The van der Waals surface area contributed by atoms with Gasteiger partial charge in [-0.1, -0.05) is 41.8 Å². The number of hydrogen-bond donors (Lipinski definition) is 0. The van der Waals surface area contributed by atoms with Crippen LogP contribution in [0.1, 0.15) is 19.3 Å². The number of hydrogen-bond acceptors (Lipinski definition) is 0. The molecule has 0 aromatic carbocycles. The first-order valence-corrected chi connectivity index (χ1v) is 4.26. The first kappa shape index (κ1) is 8.16. The quantitative estimate of drug-likeness (QED) is 0.603.